The van der Waals surface area contributed by atoms with E-state index in [1.807, 2.05) is 0 Å². The summed E-state index contributed by atoms with van der Waals surface area (Å²) in [5.74, 6) is -0.387. The molecule has 25 heavy (non-hydrogen) atoms. The molecule has 1 spiro atoms. The molecule has 1 amide bonds. The number of nitrogens with two attached hydrogens (primary N) is 1. The zero-order valence-corrected chi connectivity index (χ0v) is 15.2. The zero-order chi connectivity index (χ0) is 18.2. The topological polar surface area (TPSA) is 115 Å². The number of aliphatic hydroxyl groups is 1. The lowest BCUT2D eigenvalue weighted by atomic mass is 9.76. The second kappa shape index (κ2) is 6.66. The minimum Gasteiger partial charge on any atom is -0.393 e. The van der Waals surface area contributed by atoms with Crippen molar-refractivity contribution in [3.63, 3.8) is 0 Å². The standard InChI is InChI=1S/C17H28N4O4/c1-16(2,3)12-8-11(22)9-17(24-12)4-6-21(7-5-17)10-13-19-15(14(18)23)20-25-13/h11-12,22H,4-10H2,1-3H3,(H2,18,23)/t11-,12-/m1/s1. The van der Waals surface area contributed by atoms with E-state index in [9.17, 15) is 9.90 Å². The normalized spacial score (nSPS) is 27.5. The number of likely N-dealkylation sites (tertiary alicyclic amines) is 1. The third kappa shape index (κ3) is 4.19. The van der Waals surface area contributed by atoms with E-state index in [0.717, 1.165) is 25.9 Å². The van der Waals surface area contributed by atoms with Crippen LogP contribution in [0.2, 0.25) is 0 Å². The third-order valence-electron chi connectivity index (χ3n) is 5.27. The highest BCUT2D eigenvalue weighted by Crippen LogP contribution is 2.42. The summed E-state index contributed by atoms with van der Waals surface area (Å²) >= 11 is 0. The van der Waals surface area contributed by atoms with E-state index < -0.39 is 5.91 Å². The van der Waals surface area contributed by atoms with Crippen molar-refractivity contribution >= 4 is 5.91 Å². The van der Waals surface area contributed by atoms with Gasteiger partial charge in [-0.2, -0.15) is 4.98 Å². The maximum absolute atomic E-state index is 11.0. The van der Waals surface area contributed by atoms with E-state index in [2.05, 4.69) is 35.8 Å². The Kier molecular flexibility index (Phi) is 4.87. The Morgan fingerprint density at radius 3 is 2.64 bits per heavy atom. The number of hydrogen-bond donors (Lipinski definition) is 2. The van der Waals surface area contributed by atoms with Crippen LogP contribution in [-0.4, -0.2) is 57.0 Å². The fourth-order valence-corrected chi connectivity index (χ4v) is 3.74. The Labute approximate surface area is 147 Å². The highest BCUT2D eigenvalue weighted by atomic mass is 16.5. The van der Waals surface area contributed by atoms with Crippen LogP contribution < -0.4 is 5.73 Å². The Hall–Kier alpha value is -1.51. The monoisotopic (exact) mass is 352 g/mol. The van der Waals surface area contributed by atoms with Crippen molar-refractivity contribution in [3.05, 3.63) is 11.7 Å². The summed E-state index contributed by atoms with van der Waals surface area (Å²) in [7, 11) is 0. The van der Waals surface area contributed by atoms with Gasteiger partial charge < -0.3 is 20.1 Å². The molecular weight excluding hydrogens is 324 g/mol. The van der Waals surface area contributed by atoms with Gasteiger partial charge in [-0.15, -0.1) is 0 Å². The minimum absolute atomic E-state index is 0.0143. The average Bonchev–Trinajstić information content (AvgIpc) is 2.97. The van der Waals surface area contributed by atoms with Crippen molar-refractivity contribution in [2.75, 3.05) is 13.1 Å². The number of rotatable bonds is 3. The van der Waals surface area contributed by atoms with Crippen LogP contribution in [0.3, 0.4) is 0 Å². The zero-order valence-electron chi connectivity index (χ0n) is 15.2. The van der Waals surface area contributed by atoms with Crippen molar-refractivity contribution in [2.24, 2.45) is 11.1 Å². The first-order valence-electron chi connectivity index (χ1n) is 8.87. The molecule has 1 aromatic rings. The molecule has 0 aromatic carbocycles. The van der Waals surface area contributed by atoms with E-state index in [0.29, 0.717) is 25.3 Å². The number of primary amides is 1. The van der Waals surface area contributed by atoms with Crippen molar-refractivity contribution in [2.45, 2.75) is 70.8 Å². The number of hydrogen-bond acceptors (Lipinski definition) is 7. The van der Waals surface area contributed by atoms with Crippen molar-refractivity contribution < 1.29 is 19.2 Å². The van der Waals surface area contributed by atoms with E-state index in [-0.39, 0.29) is 29.0 Å². The number of aliphatic hydroxyl groups excluding tert-OH is 1. The van der Waals surface area contributed by atoms with E-state index in [1.54, 1.807) is 0 Å². The molecule has 0 saturated carbocycles. The number of nitrogens with zero attached hydrogens (tertiary/aromatic N) is 3. The Balaban J connectivity index is 1.59. The summed E-state index contributed by atoms with van der Waals surface area (Å²) in [5.41, 5.74) is 4.90. The van der Waals surface area contributed by atoms with Crippen LogP contribution in [-0.2, 0) is 11.3 Å². The number of amides is 1. The molecule has 140 valence electrons. The molecule has 3 heterocycles. The minimum atomic E-state index is -0.689. The molecule has 0 aliphatic carbocycles. The van der Waals surface area contributed by atoms with Crippen molar-refractivity contribution in [1.82, 2.24) is 15.0 Å². The number of ether oxygens (including phenoxy) is 1. The van der Waals surface area contributed by atoms with Gasteiger partial charge in [0, 0.05) is 25.9 Å². The fourth-order valence-electron chi connectivity index (χ4n) is 3.74. The Morgan fingerprint density at radius 2 is 2.08 bits per heavy atom. The molecule has 8 heteroatoms. The fraction of sp³-hybridized carbons (Fsp3) is 0.824. The van der Waals surface area contributed by atoms with Gasteiger partial charge in [0.25, 0.3) is 11.7 Å². The van der Waals surface area contributed by atoms with Crippen molar-refractivity contribution in [3.8, 4) is 0 Å². The lowest BCUT2D eigenvalue weighted by Crippen LogP contribution is -2.55. The maximum atomic E-state index is 11.0. The van der Waals surface area contributed by atoms with Crippen molar-refractivity contribution in [1.29, 1.82) is 0 Å². The lowest BCUT2D eigenvalue weighted by molar-refractivity contribution is -0.208. The number of piperidine rings is 1. The van der Waals surface area contributed by atoms with Gasteiger partial charge in [-0.25, -0.2) is 0 Å². The van der Waals surface area contributed by atoms with Gasteiger partial charge in [0.1, 0.15) is 0 Å². The molecule has 2 fully saturated rings. The van der Waals surface area contributed by atoms with Crippen LogP contribution in [0.5, 0.6) is 0 Å². The van der Waals surface area contributed by atoms with Gasteiger partial charge in [-0.3, -0.25) is 9.69 Å². The molecular formula is C17H28N4O4. The van der Waals surface area contributed by atoms with Crippen LogP contribution in [0.15, 0.2) is 4.52 Å². The predicted octanol–water partition coefficient (Wildman–Crippen LogP) is 1.09. The molecule has 2 saturated heterocycles. The van der Waals surface area contributed by atoms with Gasteiger partial charge in [0.15, 0.2) is 0 Å². The van der Waals surface area contributed by atoms with Gasteiger partial charge >= 0.3 is 0 Å². The Bertz CT molecular complexity index is 616. The van der Waals surface area contributed by atoms with Crippen LogP contribution in [0.1, 0.15) is 63.0 Å². The molecule has 0 bridgehead atoms. The van der Waals surface area contributed by atoms with Gasteiger partial charge in [0.2, 0.25) is 5.89 Å². The van der Waals surface area contributed by atoms with E-state index in [1.165, 1.54) is 0 Å². The van der Waals surface area contributed by atoms with Gasteiger partial charge in [-0.1, -0.05) is 25.9 Å². The van der Waals surface area contributed by atoms with E-state index in [4.69, 9.17) is 15.0 Å². The summed E-state index contributed by atoms with van der Waals surface area (Å²) in [6.45, 7) is 8.59. The molecule has 1 aromatic heterocycles. The first-order valence-corrected chi connectivity index (χ1v) is 8.87. The SMILES string of the molecule is CC(C)(C)[C@H]1C[C@@H](O)CC2(CCN(Cc3nc(C(N)=O)no3)CC2)O1. The highest BCUT2D eigenvalue weighted by molar-refractivity contribution is 5.88. The lowest BCUT2D eigenvalue weighted by Gasteiger charge is -2.50. The molecule has 3 rings (SSSR count). The average molecular weight is 352 g/mol. The number of carbonyl (C=O) groups excluding carboxylic acids is 1. The summed E-state index contributed by atoms with van der Waals surface area (Å²) in [5, 5.41) is 13.9. The predicted molar refractivity (Wildman–Crippen MR) is 89.6 cm³/mol. The Morgan fingerprint density at radius 1 is 1.40 bits per heavy atom. The first-order chi connectivity index (χ1) is 11.7. The molecule has 0 radical (unpaired) electrons. The van der Waals surface area contributed by atoms with E-state index >= 15 is 0 Å². The first kappa shape index (κ1) is 18.3. The molecule has 2 atom stereocenters. The number of carbonyl (C=O) groups is 1. The molecule has 0 unspecified atom stereocenters. The van der Waals surface area contributed by atoms with Gasteiger partial charge in [0.05, 0.1) is 24.4 Å². The van der Waals surface area contributed by atoms with Crippen LogP contribution in [0.25, 0.3) is 0 Å². The molecule has 2 aliphatic heterocycles. The number of aromatic nitrogens is 2. The third-order valence-corrected chi connectivity index (χ3v) is 5.27. The maximum Gasteiger partial charge on any atom is 0.290 e. The molecule has 3 N–H and O–H groups in total. The summed E-state index contributed by atoms with van der Waals surface area (Å²) in [4.78, 5) is 17.2. The quantitative estimate of drug-likeness (QED) is 0.836. The second-order valence-corrected chi connectivity index (χ2v) is 8.40. The summed E-state index contributed by atoms with van der Waals surface area (Å²) in [6.07, 6.45) is 2.86. The van der Waals surface area contributed by atoms with Crippen LogP contribution in [0.4, 0.5) is 0 Å². The van der Waals surface area contributed by atoms with Gasteiger partial charge in [-0.05, 0) is 18.3 Å². The second-order valence-electron chi connectivity index (χ2n) is 8.40. The summed E-state index contributed by atoms with van der Waals surface area (Å²) in [6, 6.07) is 0. The van der Waals surface area contributed by atoms with Crippen LogP contribution >= 0.6 is 0 Å². The largest absolute Gasteiger partial charge is 0.393 e. The summed E-state index contributed by atoms with van der Waals surface area (Å²) < 4.78 is 11.6. The molecule has 8 nitrogen and oxygen atoms in total. The highest BCUT2D eigenvalue weighted by Gasteiger charge is 2.46. The molecule has 2 aliphatic rings. The smallest absolute Gasteiger partial charge is 0.290 e. The van der Waals surface area contributed by atoms with Crippen LogP contribution in [0, 0.1) is 5.41 Å².